The van der Waals surface area contributed by atoms with Gasteiger partial charge < -0.3 is 10.5 Å². The Hall–Kier alpha value is -1.02. The van der Waals surface area contributed by atoms with Gasteiger partial charge in [-0.1, -0.05) is 18.6 Å². The third-order valence-corrected chi connectivity index (χ3v) is 4.51. The monoisotopic (exact) mass is 231 g/mol. The van der Waals surface area contributed by atoms with Crippen molar-refractivity contribution in [2.24, 2.45) is 23.5 Å². The molecule has 0 aromatic heterocycles. The largest absolute Gasteiger partial charge is 0.493 e. The molecule has 92 valence electrons. The van der Waals surface area contributed by atoms with E-state index < -0.39 is 0 Å². The van der Waals surface area contributed by atoms with Crippen molar-refractivity contribution in [3.63, 3.8) is 0 Å². The van der Waals surface area contributed by atoms with E-state index in [2.05, 4.69) is 12.1 Å². The predicted molar refractivity (Wildman–Crippen MR) is 68.8 cm³/mol. The normalized spacial score (nSPS) is 30.8. The van der Waals surface area contributed by atoms with Crippen molar-refractivity contribution >= 4 is 0 Å². The predicted octanol–water partition coefficient (Wildman–Crippen LogP) is 2.96. The first-order chi connectivity index (χ1) is 8.35. The molecule has 2 aliphatic rings. The van der Waals surface area contributed by atoms with Gasteiger partial charge in [-0.15, -0.1) is 0 Å². The van der Waals surface area contributed by atoms with Crippen LogP contribution in [-0.4, -0.2) is 6.61 Å². The highest BCUT2D eigenvalue weighted by Crippen LogP contribution is 2.48. The van der Waals surface area contributed by atoms with Crippen molar-refractivity contribution in [2.45, 2.75) is 32.2 Å². The van der Waals surface area contributed by atoms with Gasteiger partial charge in [0.1, 0.15) is 5.75 Å². The van der Waals surface area contributed by atoms with Crippen molar-refractivity contribution in [1.82, 2.24) is 0 Å². The van der Waals surface area contributed by atoms with Crippen LogP contribution in [0.2, 0.25) is 0 Å². The number of benzene rings is 1. The van der Waals surface area contributed by atoms with Crippen LogP contribution in [0.3, 0.4) is 0 Å². The molecule has 1 aromatic rings. The average Bonchev–Trinajstić information content (AvgIpc) is 2.99. The van der Waals surface area contributed by atoms with Crippen molar-refractivity contribution in [3.05, 3.63) is 29.8 Å². The molecule has 3 rings (SSSR count). The SMILES string of the molecule is NCc1ccc(OCC2CC3CCC2C3)cc1. The van der Waals surface area contributed by atoms with Crippen LogP contribution in [0.1, 0.15) is 31.2 Å². The van der Waals surface area contributed by atoms with E-state index in [4.69, 9.17) is 10.5 Å². The summed E-state index contributed by atoms with van der Waals surface area (Å²) in [6, 6.07) is 8.18. The van der Waals surface area contributed by atoms with E-state index in [-0.39, 0.29) is 0 Å². The highest BCUT2D eigenvalue weighted by atomic mass is 16.5. The Bertz CT molecular complexity index is 373. The second kappa shape index (κ2) is 4.69. The van der Waals surface area contributed by atoms with Crippen LogP contribution in [0.15, 0.2) is 24.3 Å². The highest BCUT2D eigenvalue weighted by Gasteiger charge is 2.39. The lowest BCUT2D eigenvalue weighted by molar-refractivity contribution is 0.195. The van der Waals surface area contributed by atoms with Gasteiger partial charge in [0.25, 0.3) is 0 Å². The molecule has 2 aliphatic carbocycles. The van der Waals surface area contributed by atoms with E-state index in [0.717, 1.165) is 35.7 Å². The fraction of sp³-hybridized carbons (Fsp3) is 0.600. The molecule has 1 aromatic carbocycles. The second-order valence-corrected chi connectivity index (χ2v) is 5.59. The van der Waals surface area contributed by atoms with Gasteiger partial charge in [0.05, 0.1) is 6.61 Å². The molecular weight excluding hydrogens is 210 g/mol. The van der Waals surface area contributed by atoms with Crippen molar-refractivity contribution in [3.8, 4) is 5.75 Å². The lowest BCUT2D eigenvalue weighted by Crippen LogP contribution is -2.18. The number of nitrogens with two attached hydrogens (primary N) is 1. The lowest BCUT2D eigenvalue weighted by Gasteiger charge is -2.21. The quantitative estimate of drug-likeness (QED) is 0.864. The summed E-state index contributed by atoms with van der Waals surface area (Å²) in [6.07, 6.45) is 5.75. The maximum Gasteiger partial charge on any atom is 0.119 e. The molecule has 2 fully saturated rings. The van der Waals surface area contributed by atoms with Crippen LogP contribution >= 0.6 is 0 Å². The van der Waals surface area contributed by atoms with E-state index in [0.29, 0.717) is 6.54 Å². The van der Waals surface area contributed by atoms with Crippen LogP contribution < -0.4 is 10.5 Å². The maximum atomic E-state index is 5.90. The number of rotatable bonds is 4. The van der Waals surface area contributed by atoms with Gasteiger partial charge in [0.15, 0.2) is 0 Å². The van der Waals surface area contributed by atoms with E-state index in [1.165, 1.54) is 25.7 Å². The number of ether oxygens (including phenoxy) is 1. The molecule has 0 radical (unpaired) electrons. The van der Waals surface area contributed by atoms with Crippen molar-refractivity contribution in [2.75, 3.05) is 6.61 Å². The molecule has 2 nitrogen and oxygen atoms in total. The number of hydrogen-bond acceptors (Lipinski definition) is 2. The highest BCUT2D eigenvalue weighted by molar-refractivity contribution is 5.27. The van der Waals surface area contributed by atoms with E-state index in [9.17, 15) is 0 Å². The Morgan fingerprint density at radius 3 is 2.53 bits per heavy atom. The zero-order valence-corrected chi connectivity index (χ0v) is 10.3. The summed E-state index contributed by atoms with van der Waals surface area (Å²) in [5, 5.41) is 0. The Labute approximate surface area is 103 Å². The molecule has 2 saturated carbocycles. The van der Waals surface area contributed by atoms with Gasteiger partial charge in [-0.3, -0.25) is 0 Å². The standard InChI is InChI=1S/C15H21NO/c16-9-11-2-5-15(6-3-11)17-10-14-8-12-1-4-13(14)7-12/h2-3,5-6,12-14H,1,4,7-10,16H2. The summed E-state index contributed by atoms with van der Waals surface area (Å²) in [6.45, 7) is 1.51. The van der Waals surface area contributed by atoms with Gasteiger partial charge in [0, 0.05) is 6.54 Å². The molecule has 0 amide bonds. The Morgan fingerprint density at radius 2 is 1.94 bits per heavy atom. The molecule has 3 atom stereocenters. The Balaban J connectivity index is 1.53. The summed E-state index contributed by atoms with van der Waals surface area (Å²) < 4.78 is 5.90. The van der Waals surface area contributed by atoms with Crippen molar-refractivity contribution in [1.29, 1.82) is 0 Å². The molecule has 2 N–H and O–H groups in total. The molecular formula is C15H21NO. The summed E-state index contributed by atoms with van der Waals surface area (Å²) in [7, 11) is 0. The molecule has 17 heavy (non-hydrogen) atoms. The average molecular weight is 231 g/mol. The van der Waals surface area contributed by atoms with Gasteiger partial charge >= 0.3 is 0 Å². The van der Waals surface area contributed by atoms with Crippen LogP contribution in [0.4, 0.5) is 0 Å². The van der Waals surface area contributed by atoms with Gasteiger partial charge in [0.2, 0.25) is 0 Å². The minimum atomic E-state index is 0.604. The smallest absolute Gasteiger partial charge is 0.119 e. The number of fused-ring (bicyclic) bond motifs is 2. The fourth-order valence-corrected chi connectivity index (χ4v) is 3.51. The minimum absolute atomic E-state index is 0.604. The molecule has 2 bridgehead atoms. The fourth-order valence-electron chi connectivity index (χ4n) is 3.51. The maximum absolute atomic E-state index is 5.90. The molecule has 0 aliphatic heterocycles. The van der Waals surface area contributed by atoms with E-state index in [1.54, 1.807) is 0 Å². The first-order valence-electron chi connectivity index (χ1n) is 6.77. The van der Waals surface area contributed by atoms with Gasteiger partial charge in [-0.2, -0.15) is 0 Å². The molecule has 2 heteroatoms. The first kappa shape index (κ1) is 11.1. The second-order valence-electron chi connectivity index (χ2n) is 5.59. The first-order valence-corrected chi connectivity index (χ1v) is 6.77. The zero-order valence-electron chi connectivity index (χ0n) is 10.3. The molecule has 0 saturated heterocycles. The molecule has 0 spiro atoms. The van der Waals surface area contributed by atoms with E-state index >= 15 is 0 Å². The van der Waals surface area contributed by atoms with Crippen LogP contribution in [0.25, 0.3) is 0 Å². The zero-order chi connectivity index (χ0) is 11.7. The lowest BCUT2D eigenvalue weighted by atomic mass is 9.89. The minimum Gasteiger partial charge on any atom is -0.493 e. The third kappa shape index (κ3) is 2.32. The summed E-state index contributed by atoms with van der Waals surface area (Å²) in [5.41, 5.74) is 6.74. The summed E-state index contributed by atoms with van der Waals surface area (Å²) in [5.74, 6) is 3.75. The Kier molecular flexibility index (Phi) is 3.06. The van der Waals surface area contributed by atoms with Gasteiger partial charge in [-0.05, 0) is 54.7 Å². The van der Waals surface area contributed by atoms with Crippen LogP contribution in [-0.2, 0) is 6.54 Å². The third-order valence-electron chi connectivity index (χ3n) is 4.51. The summed E-state index contributed by atoms with van der Waals surface area (Å²) >= 11 is 0. The summed E-state index contributed by atoms with van der Waals surface area (Å²) in [4.78, 5) is 0. The molecule has 3 unspecified atom stereocenters. The Morgan fingerprint density at radius 1 is 1.12 bits per heavy atom. The number of hydrogen-bond donors (Lipinski definition) is 1. The van der Waals surface area contributed by atoms with E-state index in [1.807, 2.05) is 12.1 Å². The molecule has 0 heterocycles. The van der Waals surface area contributed by atoms with Gasteiger partial charge in [-0.25, -0.2) is 0 Å². The topological polar surface area (TPSA) is 35.2 Å². The van der Waals surface area contributed by atoms with Crippen LogP contribution in [0, 0.1) is 17.8 Å². The van der Waals surface area contributed by atoms with Crippen LogP contribution in [0.5, 0.6) is 5.75 Å². The van der Waals surface area contributed by atoms with Crippen molar-refractivity contribution < 1.29 is 4.74 Å².